The number of benzene rings is 1. The zero-order valence-corrected chi connectivity index (χ0v) is 14.2. The van der Waals surface area contributed by atoms with Crippen molar-refractivity contribution in [1.82, 2.24) is 4.98 Å². The van der Waals surface area contributed by atoms with Crippen molar-refractivity contribution in [2.45, 2.75) is 19.4 Å². The summed E-state index contributed by atoms with van der Waals surface area (Å²) in [4.78, 5) is 4.08. The molecule has 0 atom stereocenters. The Morgan fingerprint density at radius 2 is 2.09 bits per heavy atom. The first-order valence-corrected chi connectivity index (χ1v) is 8.21. The summed E-state index contributed by atoms with van der Waals surface area (Å²) in [6, 6.07) is 7.13. The van der Waals surface area contributed by atoms with Crippen LogP contribution in [0.4, 0.5) is 11.4 Å². The molecule has 0 bridgehead atoms. The zero-order chi connectivity index (χ0) is 16.4. The summed E-state index contributed by atoms with van der Waals surface area (Å²) in [5.74, 6) is 7.92. The molecule has 7 heteroatoms. The third kappa shape index (κ3) is 3.74. The molecular formula is C16H19BrN4O2. The van der Waals surface area contributed by atoms with Gasteiger partial charge in [0.15, 0.2) is 0 Å². The summed E-state index contributed by atoms with van der Waals surface area (Å²) in [6.07, 6.45) is 4.02. The van der Waals surface area contributed by atoms with Crippen LogP contribution in [0.25, 0.3) is 0 Å². The van der Waals surface area contributed by atoms with Crippen LogP contribution in [0.1, 0.15) is 18.5 Å². The first-order valence-electron chi connectivity index (χ1n) is 7.42. The van der Waals surface area contributed by atoms with E-state index in [0.717, 1.165) is 12.2 Å². The molecule has 1 heterocycles. The minimum atomic E-state index is -0.0983. The number of nitrogen functional groups attached to an aromatic ring is 1. The highest BCUT2D eigenvalue weighted by molar-refractivity contribution is 9.10. The van der Waals surface area contributed by atoms with Gasteiger partial charge in [-0.1, -0.05) is 0 Å². The Bertz CT molecular complexity index is 689. The Morgan fingerprint density at radius 1 is 1.30 bits per heavy atom. The highest BCUT2D eigenvalue weighted by Crippen LogP contribution is 2.40. The third-order valence-electron chi connectivity index (χ3n) is 3.77. The van der Waals surface area contributed by atoms with E-state index >= 15 is 0 Å². The van der Waals surface area contributed by atoms with Crippen LogP contribution in [0.2, 0.25) is 0 Å². The van der Waals surface area contributed by atoms with Crippen LogP contribution in [0.15, 0.2) is 34.9 Å². The van der Waals surface area contributed by atoms with E-state index in [4.69, 9.17) is 21.4 Å². The van der Waals surface area contributed by atoms with Crippen molar-refractivity contribution < 1.29 is 9.84 Å². The standard InChI is InChI=1S/C16H19BrN4O2/c17-15-14(23-12-4-3-11(9-22)20-7-12)6-5-13(16(15)18)21(19)8-10-1-2-10/h3-7,10,22H,1-2,8-9,18-19H2. The lowest BCUT2D eigenvalue weighted by Gasteiger charge is -2.22. The molecule has 0 spiro atoms. The fourth-order valence-corrected chi connectivity index (χ4v) is 2.68. The van der Waals surface area contributed by atoms with Crippen molar-refractivity contribution in [2.24, 2.45) is 11.8 Å². The molecule has 0 amide bonds. The van der Waals surface area contributed by atoms with Gasteiger partial charge in [0.25, 0.3) is 0 Å². The summed E-state index contributed by atoms with van der Waals surface area (Å²) in [6.45, 7) is 0.711. The second-order valence-electron chi connectivity index (χ2n) is 5.65. The van der Waals surface area contributed by atoms with Gasteiger partial charge in [-0.05, 0) is 59.0 Å². The molecule has 5 N–H and O–H groups in total. The second kappa shape index (κ2) is 6.74. The number of pyridine rings is 1. The van der Waals surface area contributed by atoms with E-state index in [1.54, 1.807) is 23.3 Å². The molecule has 6 nitrogen and oxygen atoms in total. The van der Waals surface area contributed by atoms with Crippen LogP contribution in [-0.4, -0.2) is 16.6 Å². The molecule has 1 aliphatic carbocycles. The number of ether oxygens (including phenoxy) is 1. The van der Waals surface area contributed by atoms with Gasteiger partial charge in [0.1, 0.15) is 11.5 Å². The van der Waals surface area contributed by atoms with Gasteiger partial charge in [0.05, 0.1) is 34.3 Å². The molecule has 0 radical (unpaired) electrons. The van der Waals surface area contributed by atoms with E-state index < -0.39 is 0 Å². The number of halogens is 1. The fraction of sp³-hybridized carbons (Fsp3) is 0.312. The predicted octanol–water partition coefficient (Wildman–Crippen LogP) is 2.80. The van der Waals surface area contributed by atoms with Crippen molar-refractivity contribution >= 4 is 27.3 Å². The molecule has 1 aliphatic rings. The molecule has 122 valence electrons. The Kier molecular flexibility index (Phi) is 4.70. The topological polar surface area (TPSA) is 97.6 Å². The van der Waals surface area contributed by atoms with Gasteiger partial charge in [-0.15, -0.1) is 0 Å². The average molecular weight is 379 g/mol. The molecule has 2 aromatic rings. The fourth-order valence-electron chi connectivity index (χ4n) is 2.26. The van der Waals surface area contributed by atoms with Crippen LogP contribution in [0.3, 0.4) is 0 Å². The number of aromatic nitrogens is 1. The first kappa shape index (κ1) is 16.0. The summed E-state index contributed by atoms with van der Waals surface area (Å²) in [5.41, 5.74) is 8.10. The summed E-state index contributed by atoms with van der Waals surface area (Å²) in [5, 5.41) is 10.7. The maximum Gasteiger partial charge on any atom is 0.145 e. The number of nitrogens with two attached hydrogens (primary N) is 2. The Balaban J connectivity index is 1.78. The van der Waals surface area contributed by atoms with E-state index in [-0.39, 0.29) is 6.61 Å². The molecule has 3 rings (SSSR count). The number of aliphatic hydroxyl groups is 1. The molecule has 1 aromatic heterocycles. The van der Waals surface area contributed by atoms with E-state index in [1.165, 1.54) is 12.8 Å². The molecule has 1 fully saturated rings. The van der Waals surface area contributed by atoms with E-state index in [0.29, 0.717) is 33.3 Å². The summed E-state index contributed by atoms with van der Waals surface area (Å²) < 4.78 is 6.45. The van der Waals surface area contributed by atoms with Crippen LogP contribution in [0, 0.1) is 5.92 Å². The number of anilines is 2. The number of nitrogens with zero attached hydrogens (tertiary/aromatic N) is 2. The molecule has 0 aliphatic heterocycles. The molecule has 0 unspecified atom stereocenters. The maximum absolute atomic E-state index is 9.00. The van der Waals surface area contributed by atoms with Crippen LogP contribution >= 0.6 is 15.9 Å². The van der Waals surface area contributed by atoms with Crippen LogP contribution in [-0.2, 0) is 6.61 Å². The van der Waals surface area contributed by atoms with Gasteiger partial charge in [0.2, 0.25) is 0 Å². The highest BCUT2D eigenvalue weighted by Gasteiger charge is 2.24. The van der Waals surface area contributed by atoms with Crippen LogP contribution in [0.5, 0.6) is 11.5 Å². The lowest BCUT2D eigenvalue weighted by molar-refractivity contribution is 0.276. The second-order valence-corrected chi connectivity index (χ2v) is 6.44. The van der Waals surface area contributed by atoms with Gasteiger partial charge in [-0.3, -0.25) is 4.98 Å². The zero-order valence-electron chi connectivity index (χ0n) is 12.6. The SMILES string of the molecule is Nc1c(N(N)CC2CC2)ccc(Oc2ccc(CO)nc2)c1Br. The van der Waals surface area contributed by atoms with Gasteiger partial charge in [-0.2, -0.15) is 0 Å². The smallest absolute Gasteiger partial charge is 0.145 e. The maximum atomic E-state index is 9.00. The van der Waals surface area contributed by atoms with Crippen molar-refractivity contribution in [3.8, 4) is 11.5 Å². The van der Waals surface area contributed by atoms with Gasteiger partial charge >= 0.3 is 0 Å². The number of hydrazine groups is 1. The van der Waals surface area contributed by atoms with Gasteiger partial charge < -0.3 is 20.6 Å². The Hall–Kier alpha value is -1.83. The summed E-state index contributed by atoms with van der Waals surface area (Å²) >= 11 is 3.47. The van der Waals surface area contributed by atoms with Crippen LogP contribution < -0.4 is 21.3 Å². The predicted molar refractivity (Wildman–Crippen MR) is 93.0 cm³/mol. The highest BCUT2D eigenvalue weighted by atomic mass is 79.9. The monoisotopic (exact) mass is 378 g/mol. The largest absolute Gasteiger partial charge is 0.454 e. The minimum Gasteiger partial charge on any atom is -0.454 e. The number of hydrogen-bond acceptors (Lipinski definition) is 6. The number of aliphatic hydroxyl groups excluding tert-OH is 1. The Morgan fingerprint density at radius 3 is 2.70 bits per heavy atom. The number of hydrogen-bond donors (Lipinski definition) is 3. The Labute approximate surface area is 143 Å². The number of rotatable bonds is 6. The van der Waals surface area contributed by atoms with E-state index in [2.05, 4.69) is 20.9 Å². The molecular weight excluding hydrogens is 360 g/mol. The van der Waals surface area contributed by atoms with Crippen molar-refractivity contribution in [3.05, 3.63) is 40.6 Å². The molecule has 0 saturated heterocycles. The van der Waals surface area contributed by atoms with Crippen molar-refractivity contribution in [3.63, 3.8) is 0 Å². The van der Waals surface area contributed by atoms with Gasteiger partial charge in [0, 0.05) is 6.54 Å². The lowest BCUT2D eigenvalue weighted by Crippen LogP contribution is -2.33. The normalized spacial score (nSPS) is 13.9. The molecule has 1 saturated carbocycles. The van der Waals surface area contributed by atoms with Gasteiger partial charge in [-0.25, -0.2) is 5.84 Å². The van der Waals surface area contributed by atoms with Crippen molar-refractivity contribution in [2.75, 3.05) is 17.3 Å². The third-order valence-corrected chi connectivity index (χ3v) is 4.59. The first-order chi connectivity index (χ1) is 11.1. The average Bonchev–Trinajstić information content (AvgIpc) is 3.36. The van der Waals surface area contributed by atoms with E-state index in [9.17, 15) is 0 Å². The quantitative estimate of drug-likeness (QED) is 0.406. The molecule has 23 heavy (non-hydrogen) atoms. The minimum absolute atomic E-state index is 0.0983. The van der Waals surface area contributed by atoms with E-state index in [1.807, 2.05) is 12.1 Å². The van der Waals surface area contributed by atoms with Crippen molar-refractivity contribution in [1.29, 1.82) is 0 Å². The summed E-state index contributed by atoms with van der Waals surface area (Å²) in [7, 11) is 0. The molecule has 1 aromatic carbocycles. The lowest BCUT2D eigenvalue weighted by atomic mass is 10.2.